The van der Waals surface area contributed by atoms with Crippen LogP contribution in [0.5, 0.6) is 0 Å². The summed E-state index contributed by atoms with van der Waals surface area (Å²) in [6.45, 7) is 8.54. The van der Waals surface area contributed by atoms with Crippen LogP contribution in [0.2, 0.25) is 0 Å². The summed E-state index contributed by atoms with van der Waals surface area (Å²) in [7, 11) is 0. The fourth-order valence-corrected chi connectivity index (χ4v) is 2.76. The van der Waals surface area contributed by atoms with Crippen molar-refractivity contribution in [3.63, 3.8) is 0 Å². The number of nitrogens with zero attached hydrogens (tertiary/aromatic N) is 2. The maximum absolute atomic E-state index is 5.28. The number of rotatable bonds is 5. The lowest BCUT2D eigenvalue weighted by Crippen LogP contribution is -1.96. The minimum Gasteiger partial charge on any atom is -0.338 e. The van der Waals surface area contributed by atoms with Crippen LogP contribution in [0.25, 0.3) is 0 Å². The van der Waals surface area contributed by atoms with Crippen molar-refractivity contribution in [2.75, 3.05) is 0 Å². The smallest absolute Gasteiger partial charge is 0.237 e. The predicted molar refractivity (Wildman–Crippen MR) is 78.3 cm³/mol. The van der Waals surface area contributed by atoms with Crippen LogP contribution in [0.15, 0.2) is 27.6 Å². The summed E-state index contributed by atoms with van der Waals surface area (Å²) in [5, 5.41) is 4.01. The normalized spacial score (nSPS) is 11.2. The van der Waals surface area contributed by atoms with Crippen LogP contribution in [0.3, 0.4) is 0 Å². The third kappa shape index (κ3) is 4.10. The van der Waals surface area contributed by atoms with Crippen molar-refractivity contribution in [3.05, 3.63) is 41.0 Å². The highest BCUT2D eigenvalue weighted by molar-refractivity contribution is 7.98. The molecule has 2 aromatic rings. The number of aromatic nitrogens is 2. The number of hydrogen-bond donors (Lipinski definition) is 0. The molecule has 1 aromatic carbocycles. The van der Waals surface area contributed by atoms with Crippen molar-refractivity contribution >= 4 is 11.8 Å². The van der Waals surface area contributed by atoms with E-state index in [-0.39, 0.29) is 0 Å². The van der Waals surface area contributed by atoms with E-state index in [0.717, 1.165) is 18.0 Å². The van der Waals surface area contributed by atoms with Crippen LogP contribution in [0.4, 0.5) is 0 Å². The van der Waals surface area contributed by atoms with Gasteiger partial charge in [-0.2, -0.15) is 4.98 Å². The highest BCUT2D eigenvalue weighted by atomic mass is 32.2. The number of benzene rings is 1. The lowest BCUT2D eigenvalue weighted by molar-refractivity contribution is 0.382. The molecular formula is C15H20N2OS. The first-order chi connectivity index (χ1) is 9.04. The molecule has 0 unspecified atom stereocenters. The second-order valence-corrected chi connectivity index (χ2v) is 6.28. The van der Waals surface area contributed by atoms with Crippen LogP contribution in [-0.2, 0) is 12.2 Å². The molecule has 0 amide bonds. The Morgan fingerprint density at radius 1 is 1.26 bits per heavy atom. The van der Waals surface area contributed by atoms with Gasteiger partial charge in [0.2, 0.25) is 5.89 Å². The molecule has 102 valence electrons. The molecule has 0 aliphatic heterocycles. The summed E-state index contributed by atoms with van der Waals surface area (Å²) >= 11 is 1.75. The minimum atomic E-state index is 0.553. The van der Waals surface area contributed by atoms with Crippen molar-refractivity contribution < 1.29 is 4.52 Å². The van der Waals surface area contributed by atoms with Gasteiger partial charge < -0.3 is 4.52 Å². The number of hydrogen-bond acceptors (Lipinski definition) is 4. The Hall–Kier alpha value is -1.29. The van der Waals surface area contributed by atoms with Gasteiger partial charge in [0.1, 0.15) is 0 Å². The zero-order valence-electron chi connectivity index (χ0n) is 11.9. The molecule has 0 N–H and O–H groups in total. The maximum atomic E-state index is 5.28. The summed E-state index contributed by atoms with van der Waals surface area (Å²) in [5.74, 6) is 2.81. The van der Waals surface area contributed by atoms with E-state index in [1.54, 1.807) is 11.8 Å². The molecule has 1 aromatic heterocycles. The second kappa shape index (κ2) is 6.24. The van der Waals surface area contributed by atoms with Gasteiger partial charge in [-0.05, 0) is 31.4 Å². The van der Waals surface area contributed by atoms with Crippen molar-refractivity contribution in [3.8, 4) is 0 Å². The van der Waals surface area contributed by atoms with Crippen LogP contribution in [0.1, 0.15) is 36.7 Å². The van der Waals surface area contributed by atoms with Gasteiger partial charge in [0.15, 0.2) is 5.82 Å². The van der Waals surface area contributed by atoms with E-state index in [1.165, 1.54) is 16.0 Å². The Balaban J connectivity index is 1.98. The van der Waals surface area contributed by atoms with Gasteiger partial charge >= 0.3 is 0 Å². The van der Waals surface area contributed by atoms with Gasteiger partial charge in [0, 0.05) is 11.3 Å². The summed E-state index contributed by atoms with van der Waals surface area (Å²) < 4.78 is 5.28. The molecule has 0 saturated carbocycles. The van der Waals surface area contributed by atoms with Gasteiger partial charge in [-0.1, -0.05) is 36.7 Å². The summed E-state index contributed by atoms with van der Waals surface area (Å²) in [4.78, 5) is 5.70. The van der Waals surface area contributed by atoms with E-state index in [0.29, 0.717) is 11.8 Å². The van der Waals surface area contributed by atoms with Gasteiger partial charge in [0.05, 0.1) is 5.75 Å². The molecule has 0 spiro atoms. The fourth-order valence-electron chi connectivity index (χ4n) is 1.80. The zero-order chi connectivity index (χ0) is 13.8. The van der Waals surface area contributed by atoms with Crippen LogP contribution in [-0.4, -0.2) is 10.1 Å². The molecule has 0 aliphatic rings. The predicted octanol–water partition coefficient (Wildman–Crippen LogP) is 4.18. The van der Waals surface area contributed by atoms with Crippen LogP contribution < -0.4 is 0 Å². The standard InChI is InChI=1S/C15H20N2OS/c1-10(2)7-14-16-15(18-17-14)9-19-13-8-11(3)5-6-12(13)4/h5-6,8,10H,7,9H2,1-4H3. The van der Waals surface area contributed by atoms with Crippen molar-refractivity contribution in [2.24, 2.45) is 5.92 Å². The van der Waals surface area contributed by atoms with Crippen molar-refractivity contribution in [1.29, 1.82) is 0 Å². The molecule has 3 nitrogen and oxygen atoms in total. The lowest BCUT2D eigenvalue weighted by Gasteiger charge is -2.04. The molecule has 19 heavy (non-hydrogen) atoms. The molecule has 4 heteroatoms. The number of aryl methyl sites for hydroxylation is 2. The molecule has 0 atom stereocenters. The molecular weight excluding hydrogens is 256 g/mol. The highest BCUT2D eigenvalue weighted by Crippen LogP contribution is 2.26. The van der Waals surface area contributed by atoms with Crippen molar-refractivity contribution in [2.45, 2.75) is 44.8 Å². The Morgan fingerprint density at radius 3 is 2.79 bits per heavy atom. The molecule has 0 radical (unpaired) electrons. The monoisotopic (exact) mass is 276 g/mol. The average Bonchev–Trinajstić information content (AvgIpc) is 2.77. The van der Waals surface area contributed by atoms with E-state index >= 15 is 0 Å². The third-order valence-electron chi connectivity index (χ3n) is 2.80. The summed E-state index contributed by atoms with van der Waals surface area (Å²) in [6.07, 6.45) is 0.873. The molecule has 0 bridgehead atoms. The van der Waals surface area contributed by atoms with Crippen molar-refractivity contribution in [1.82, 2.24) is 10.1 Å². The number of thioether (sulfide) groups is 1. The Labute approximate surface area is 118 Å². The summed E-state index contributed by atoms with van der Waals surface area (Å²) in [6, 6.07) is 6.48. The van der Waals surface area contributed by atoms with E-state index in [1.807, 2.05) is 0 Å². The minimum absolute atomic E-state index is 0.553. The Morgan fingerprint density at radius 2 is 2.05 bits per heavy atom. The van der Waals surface area contributed by atoms with E-state index in [2.05, 4.69) is 56.0 Å². The van der Waals surface area contributed by atoms with E-state index in [9.17, 15) is 0 Å². The topological polar surface area (TPSA) is 38.9 Å². The highest BCUT2D eigenvalue weighted by Gasteiger charge is 2.09. The largest absolute Gasteiger partial charge is 0.338 e. The lowest BCUT2D eigenvalue weighted by atomic mass is 10.1. The molecule has 1 heterocycles. The van der Waals surface area contributed by atoms with Gasteiger partial charge in [-0.3, -0.25) is 0 Å². The third-order valence-corrected chi connectivity index (χ3v) is 3.94. The second-order valence-electron chi connectivity index (χ2n) is 5.26. The Kier molecular flexibility index (Phi) is 4.64. The van der Waals surface area contributed by atoms with Gasteiger partial charge in [0.25, 0.3) is 0 Å². The molecule has 2 rings (SSSR count). The summed E-state index contributed by atoms with van der Waals surface area (Å²) in [5.41, 5.74) is 2.57. The average molecular weight is 276 g/mol. The first-order valence-electron chi connectivity index (χ1n) is 6.56. The fraction of sp³-hybridized carbons (Fsp3) is 0.467. The van der Waals surface area contributed by atoms with Gasteiger partial charge in [-0.15, -0.1) is 11.8 Å². The first-order valence-corrected chi connectivity index (χ1v) is 7.54. The van der Waals surface area contributed by atoms with E-state index in [4.69, 9.17) is 4.52 Å². The van der Waals surface area contributed by atoms with Crippen LogP contribution in [0, 0.1) is 19.8 Å². The molecule has 0 fully saturated rings. The molecule has 0 saturated heterocycles. The Bertz CT molecular complexity index is 549. The quantitative estimate of drug-likeness (QED) is 0.768. The molecule has 0 aliphatic carbocycles. The van der Waals surface area contributed by atoms with Crippen LogP contribution >= 0.6 is 11.8 Å². The first kappa shape index (κ1) is 14.1. The van der Waals surface area contributed by atoms with Gasteiger partial charge in [-0.25, -0.2) is 0 Å². The van der Waals surface area contributed by atoms with E-state index < -0.39 is 0 Å². The maximum Gasteiger partial charge on any atom is 0.237 e. The zero-order valence-corrected chi connectivity index (χ0v) is 12.8. The SMILES string of the molecule is Cc1ccc(C)c(SCc2nc(CC(C)C)no2)c1.